The summed E-state index contributed by atoms with van der Waals surface area (Å²) in [5.41, 5.74) is 1.60. The highest BCUT2D eigenvalue weighted by atomic mass is 32.2. The summed E-state index contributed by atoms with van der Waals surface area (Å²) in [5, 5.41) is 1.53. The van der Waals surface area contributed by atoms with Crippen molar-refractivity contribution in [1.29, 1.82) is 0 Å². The van der Waals surface area contributed by atoms with Crippen LogP contribution in [0.2, 0.25) is 0 Å². The Hall–Kier alpha value is -0.340. The van der Waals surface area contributed by atoms with Crippen LogP contribution >= 0.6 is 22.7 Å². The number of hydrogen-bond donors (Lipinski definition) is 0. The summed E-state index contributed by atoms with van der Waals surface area (Å²) in [6, 6.07) is 2.43. The Bertz CT molecular complexity index is 512. The van der Waals surface area contributed by atoms with E-state index in [0.29, 0.717) is 17.8 Å². The van der Waals surface area contributed by atoms with Crippen molar-refractivity contribution in [1.82, 2.24) is 0 Å². The fourth-order valence-corrected chi connectivity index (χ4v) is 5.05. The second kappa shape index (κ2) is 4.74. The van der Waals surface area contributed by atoms with Gasteiger partial charge >= 0.3 is 0 Å². The van der Waals surface area contributed by atoms with E-state index >= 15 is 0 Å². The highest BCUT2D eigenvalue weighted by Crippen LogP contribution is 2.45. The van der Waals surface area contributed by atoms with Crippen LogP contribution < -0.4 is 0 Å². The highest BCUT2D eigenvalue weighted by molar-refractivity contribution is 7.38. The molecule has 0 spiro atoms. The van der Waals surface area contributed by atoms with Crippen molar-refractivity contribution in [2.24, 2.45) is 0 Å². The first-order valence-corrected chi connectivity index (χ1v) is 8.11. The molecule has 0 amide bonds. The van der Waals surface area contributed by atoms with Crippen molar-refractivity contribution in [3.05, 3.63) is 21.4 Å². The second-order valence-corrected chi connectivity index (χ2v) is 8.09. The van der Waals surface area contributed by atoms with E-state index in [4.69, 9.17) is 0 Å². The topological polar surface area (TPSA) is 0 Å². The van der Waals surface area contributed by atoms with E-state index in [1.54, 1.807) is 10.4 Å². The first-order valence-electron chi connectivity index (χ1n) is 6.47. The molecular formula is C15H22S2. The van der Waals surface area contributed by atoms with Gasteiger partial charge in [0, 0.05) is 15.1 Å². The third-order valence-electron chi connectivity index (χ3n) is 3.15. The predicted molar refractivity (Wildman–Crippen MR) is 82.0 cm³/mol. The van der Waals surface area contributed by atoms with Gasteiger partial charge in [-0.25, -0.2) is 0 Å². The molecule has 0 fully saturated rings. The average molecular weight is 266 g/mol. The number of thiophene rings is 2. The van der Waals surface area contributed by atoms with E-state index in [1.165, 1.54) is 14.3 Å². The predicted octanol–water partition coefficient (Wildman–Crippen LogP) is 6.33. The van der Waals surface area contributed by atoms with Crippen molar-refractivity contribution in [2.75, 3.05) is 0 Å². The van der Waals surface area contributed by atoms with E-state index in [0.717, 1.165) is 0 Å². The summed E-state index contributed by atoms with van der Waals surface area (Å²) in [5.74, 6) is 1.94. The van der Waals surface area contributed by atoms with Crippen LogP contribution in [0.1, 0.15) is 74.6 Å². The summed E-state index contributed by atoms with van der Waals surface area (Å²) in [6.07, 6.45) is 0. The van der Waals surface area contributed by atoms with E-state index in [1.807, 2.05) is 22.7 Å². The van der Waals surface area contributed by atoms with Crippen LogP contribution in [0.5, 0.6) is 0 Å². The van der Waals surface area contributed by atoms with Gasteiger partial charge in [0.25, 0.3) is 0 Å². The van der Waals surface area contributed by atoms with Crippen LogP contribution in [0.15, 0.2) is 6.07 Å². The Morgan fingerprint density at radius 1 is 0.824 bits per heavy atom. The molecule has 0 bridgehead atoms. The lowest BCUT2D eigenvalue weighted by atomic mass is 9.96. The molecule has 0 radical (unpaired) electrons. The van der Waals surface area contributed by atoms with Crippen LogP contribution in [0.3, 0.4) is 0 Å². The van der Waals surface area contributed by atoms with Gasteiger partial charge in [0.1, 0.15) is 0 Å². The molecule has 0 aliphatic rings. The maximum atomic E-state index is 2.43. The fourth-order valence-electron chi connectivity index (χ4n) is 2.25. The minimum Gasteiger partial charge on any atom is -0.129 e. The van der Waals surface area contributed by atoms with Crippen molar-refractivity contribution in [3.63, 3.8) is 0 Å². The molecule has 0 aliphatic heterocycles. The van der Waals surface area contributed by atoms with Gasteiger partial charge < -0.3 is 0 Å². The molecule has 0 aromatic carbocycles. The molecule has 2 rings (SSSR count). The molecule has 94 valence electrons. The van der Waals surface area contributed by atoms with Crippen LogP contribution in [-0.2, 0) is 0 Å². The molecule has 2 heteroatoms. The van der Waals surface area contributed by atoms with Gasteiger partial charge in [0.05, 0.1) is 4.01 Å². The molecule has 0 unspecified atom stereocenters. The largest absolute Gasteiger partial charge is 0.129 e. The minimum atomic E-state index is 0.635. The zero-order chi connectivity index (χ0) is 12.7. The van der Waals surface area contributed by atoms with Crippen LogP contribution in [-0.4, -0.2) is 0 Å². The number of fused-ring (bicyclic) bond motifs is 1. The number of hydrogen-bond acceptors (Lipinski definition) is 2. The van der Waals surface area contributed by atoms with E-state index in [2.05, 4.69) is 47.6 Å². The molecular weight excluding hydrogens is 244 g/mol. The van der Waals surface area contributed by atoms with Gasteiger partial charge in [0.2, 0.25) is 0 Å². The Morgan fingerprint density at radius 2 is 1.47 bits per heavy atom. The maximum absolute atomic E-state index is 2.43. The van der Waals surface area contributed by atoms with Crippen LogP contribution in [0.25, 0.3) is 9.40 Å². The van der Waals surface area contributed by atoms with Crippen LogP contribution in [0.4, 0.5) is 0 Å². The Kier molecular flexibility index (Phi) is 3.65. The highest BCUT2D eigenvalue weighted by Gasteiger charge is 2.19. The lowest BCUT2D eigenvalue weighted by Crippen LogP contribution is -1.93. The third-order valence-corrected chi connectivity index (χ3v) is 6.19. The molecule has 0 nitrogen and oxygen atoms in total. The normalized spacial score (nSPS) is 12.5. The summed E-state index contributed by atoms with van der Waals surface area (Å²) in [6.45, 7) is 13.8. The smallest absolute Gasteiger partial charge is 0.0873 e. The summed E-state index contributed by atoms with van der Waals surface area (Å²) < 4.78 is 1.53. The Labute approximate surface area is 113 Å². The molecule has 17 heavy (non-hydrogen) atoms. The van der Waals surface area contributed by atoms with Crippen molar-refractivity contribution < 1.29 is 0 Å². The molecule has 0 saturated heterocycles. The van der Waals surface area contributed by atoms with Crippen molar-refractivity contribution >= 4 is 32.1 Å². The Morgan fingerprint density at radius 3 is 1.94 bits per heavy atom. The van der Waals surface area contributed by atoms with Gasteiger partial charge in [-0.2, -0.15) is 0 Å². The lowest BCUT2D eigenvalue weighted by molar-refractivity contribution is 0.815. The van der Waals surface area contributed by atoms with Gasteiger partial charge in [-0.1, -0.05) is 41.5 Å². The second-order valence-electron chi connectivity index (χ2n) is 5.69. The van der Waals surface area contributed by atoms with Gasteiger partial charge in [-0.15, -0.1) is 22.7 Å². The molecule has 0 saturated carbocycles. The minimum absolute atomic E-state index is 0.635. The quantitative estimate of drug-likeness (QED) is 0.608. The zero-order valence-corrected chi connectivity index (χ0v) is 13.3. The van der Waals surface area contributed by atoms with Crippen molar-refractivity contribution in [2.45, 2.75) is 59.3 Å². The molecule has 0 atom stereocenters. The summed E-state index contributed by atoms with van der Waals surface area (Å²) in [7, 11) is 0. The van der Waals surface area contributed by atoms with Crippen molar-refractivity contribution in [3.8, 4) is 0 Å². The SMILES string of the molecule is CC(C)c1cc2c(C(C)C)c(C(C)C)sc2s1. The molecule has 0 N–H and O–H groups in total. The first kappa shape index (κ1) is 13.1. The van der Waals surface area contributed by atoms with E-state index < -0.39 is 0 Å². The van der Waals surface area contributed by atoms with Crippen LogP contribution in [0, 0.1) is 0 Å². The standard InChI is InChI=1S/C15H22S2/c1-8(2)12-7-11-13(9(3)4)14(10(5)6)17-15(11)16-12/h7-10H,1-6H3. The summed E-state index contributed by atoms with van der Waals surface area (Å²) in [4.78, 5) is 3.13. The molecule has 0 aliphatic carbocycles. The lowest BCUT2D eigenvalue weighted by Gasteiger charge is -2.10. The van der Waals surface area contributed by atoms with E-state index in [-0.39, 0.29) is 0 Å². The molecule has 2 aromatic rings. The molecule has 2 aromatic heterocycles. The Balaban J connectivity index is 2.64. The van der Waals surface area contributed by atoms with E-state index in [9.17, 15) is 0 Å². The first-order chi connectivity index (χ1) is 7.91. The summed E-state index contributed by atoms with van der Waals surface area (Å²) >= 11 is 4.01. The maximum Gasteiger partial charge on any atom is 0.0873 e. The zero-order valence-electron chi connectivity index (χ0n) is 11.6. The van der Waals surface area contributed by atoms with Gasteiger partial charge in [-0.05, 0) is 29.4 Å². The monoisotopic (exact) mass is 266 g/mol. The molecule has 2 heterocycles. The number of rotatable bonds is 3. The average Bonchev–Trinajstić information content (AvgIpc) is 2.71. The van der Waals surface area contributed by atoms with Gasteiger partial charge in [0.15, 0.2) is 0 Å². The van der Waals surface area contributed by atoms with Gasteiger partial charge in [-0.3, -0.25) is 0 Å². The fraction of sp³-hybridized carbons (Fsp3) is 0.600. The third kappa shape index (κ3) is 2.30.